The van der Waals surface area contributed by atoms with Crippen LogP contribution in [0.3, 0.4) is 0 Å². The first-order chi connectivity index (χ1) is 15.5. The van der Waals surface area contributed by atoms with Crippen molar-refractivity contribution in [2.75, 3.05) is 5.32 Å². The Bertz CT molecular complexity index is 1160. The van der Waals surface area contributed by atoms with Crippen molar-refractivity contribution in [1.82, 2.24) is 19.6 Å². The van der Waals surface area contributed by atoms with E-state index in [-0.39, 0.29) is 29.4 Å². The molecule has 0 radical (unpaired) electrons. The van der Waals surface area contributed by atoms with Crippen molar-refractivity contribution in [3.05, 3.63) is 58.4 Å². The number of hydrogen-bond acceptors (Lipinski definition) is 6. The van der Waals surface area contributed by atoms with Crippen molar-refractivity contribution in [3.63, 3.8) is 0 Å². The van der Waals surface area contributed by atoms with Crippen LogP contribution in [0.1, 0.15) is 54.8 Å². The van der Waals surface area contributed by atoms with Crippen molar-refractivity contribution < 1.29 is 14.1 Å². The van der Waals surface area contributed by atoms with Crippen molar-refractivity contribution in [3.8, 4) is 0 Å². The third-order valence-corrected chi connectivity index (χ3v) is 7.36. The van der Waals surface area contributed by atoms with Crippen LogP contribution in [0, 0.1) is 27.9 Å². The molecule has 4 aliphatic carbocycles. The van der Waals surface area contributed by atoms with E-state index in [1.165, 1.54) is 55.6 Å². The summed E-state index contributed by atoms with van der Waals surface area (Å²) in [6.07, 6.45) is 12.2. The highest BCUT2D eigenvalue weighted by Crippen LogP contribution is 2.58. The van der Waals surface area contributed by atoms with E-state index < -0.39 is 4.92 Å². The number of furan rings is 1. The number of anilines is 1. The lowest BCUT2D eigenvalue weighted by atomic mass is 9.53. The molecule has 3 heterocycles. The van der Waals surface area contributed by atoms with Gasteiger partial charge in [0.1, 0.15) is 18.2 Å². The van der Waals surface area contributed by atoms with Gasteiger partial charge in [-0.25, -0.2) is 0 Å². The third kappa shape index (κ3) is 3.30. The molecular weight excluding hydrogens is 412 g/mol. The predicted molar refractivity (Wildman–Crippen MR) is 113 cm³/mol. The molecule has 7 rings (SSSR count). The summed E-state index contributed by atoms with van der Waals surface area (Å²) in [5, 5.41) is 22.3. The minimum Gasteiger partial charge on any atom is -0.454 e. The van der Waals surface area contributed by atoms with E-state index in [0.717, 1.165) is 17.8 Å². The number of carbonyl (C=O) groups is 1. The van der Waals surface area contributed by atoms with Gasteiger partial charge in [0, 0.05) is 12.3 Å². The SMILES string of the molecule is O=C(Nc1ccn(C23CC4CC(CC(C4)C2)C3)n1)c1ccc(Cn2cc([N+](=O)[O-])cn2)o1. The summed E-state index contributed by atoms with van der Waals surface area (Å²) in [6.45, 7) is 0.196. The zero-order valence-corrected chi connectivity index (χ0v) is 17.5. The molecule has 0 aliphatic heterocycles. The standard InChI is InChI=1S/C22H24N6O4/c29-21(19-2-1-18(32-19)13-26-12-17(11-23-26)28(30)31)24-20-3-4-27(25-20)22-8-14-5-15(9-22)7-16(6-14)10-22/h1-4,11-12,14-16H,5-10,13H2,(H,24,25,29). The molecule has 166 valence electrons. The average molecular weight is 436 g/mol. The van der Waals surface area contributed by atoms with Gasteiger partial charge >= 0.3 is 5.69 Å². The molecule has 4 aliphatic rings. The first-order valence-corrected chi connectivity index (χ1v) is 11.1. The summed E-state index contributed by atoms with van der Waals surface area (Å²) in [6, 6.07) is 5.10. The first kappa shape index (κ1) is 19.3. The number of carbonyl (C=O) groups excluding carboxylic acids is 1. The molecule has 0 aromatic carbocycles. The van der Waals surface area contributed by atoms with Crippen molar-refractivity contribution >= 4 is 17.4 Å². The molecule has 0 saturated heterocycles. The van der Waals surface area contributed by atoms with Gasteiger partial charge in [-0.1, -0.05) is 0 Å². The van der Waals surface area contributed by atoms with Gasteiger partial charge in [-0.3, -0.25) is 24.3 Å². The van der Waals surface area contributed by atoms with Crippen LogP contribution in [0.2, 0.25) is 0 Å². The summed E-state index contributed by atoms with van der Waals surface area (Å²) in [5.41, 5.74) is 0.0197. The van der Waals surface area contributed by atoms with Gasteiger partial charge < -0.3 is 9.73 Å². The number of nitrogens with one attached hydrogen (secondary N) is 1. The number of nitrogens with zero attached hydrogens (tertiary/aromatic N) is 5. The Morgan fingerprint density at radius 1 is 1.19 bits per heavy atom. The quantitative estimate of drug-likeness (QED) is 0.463. The Morgan fingerprint density at radius 2 is 1.91 bits per heavy atom. The Balaban J connectivity index is 1.13. The summed E-state index contributed by atoms with van der Waals surface area (Å²) < 4.78 is 9.12. The summed E-state index contributed by atoms with van der Waals surface area (Å²) in [4.78, 5) is 22.9. The van der Waals surface area contributed by atoms with Gasteiger partial charge in [0.05, 0.1) is 17.0 Å². The number of rotatable bonds is 6. The fraction of sp³-hybridized carbons (Fsp3) is 0.500. The largest absolute Gasteiger partial charge is 0.454 e. The van der Waals surface area contributed by atoms with Gasteiger partial charge in [-0.15, -0.1) is 0 Å². The van der Waals surface area contributed by atoms with Gasteiger partial charge in [0.15, 0.2) is 11.6 Å². The second-order valence-corrected chi connectivity index (χ2v) is 9.66. The fourth-order valence-corrected chi connectivity index (χ4v) is 6.46. The maximum absolute atomic E-state index is 12.7. The van der Waals surface area contributed by atoms with Gasteiger partial charge in [0.25, 0.3) is 5.91 Å². The molecule has 1 N–H and O–H groups in total. The van der Waals surface area contributed by atoms with E-state index in [1.807, 2.05) is 12.3 Å². The molecule has 4 saturated carbocycles. The lowest BCUT2D eigenvalue weighted by molar-refractivity contribution is -0.385. The minimum atomic E-state index is -0.507. The number of aromatic nitrogens is 4. The Morgan fingerprint density at radius 3 is 2.56 bits per heavy atom. The Hall–Kier alpha value is -3.43. The van der Waals surface area contributed by atoms with Crippen LogP contribution in [0.5, 0.6) is 0 Å². The second-order valence-electron chi connectivity index (χ2n) is 9.66. The van der Waals surface area contributed by atoms with E-state index in [9.17, 15) is 14.9 Å². The van der Waals surface area contributed by atoms with Crippen LogP contribution in [0.4, 0.5) is 11.5 Å². The van der Waals surface area contributed by atoms with E-state index >= 15 is 0 Å². The smallest absolute Gasteiger partial charge is 0.307 e. The summed E-state index contributed by atoms with van der Waals surface area (Å²) in [7, 11) is 0. The van der Waals surface area contributed by atoms with E-state index in [0.29, 0.717) is 11.6 Å². The van der Waals surface area contributed by atoms with Crippen LogP contribution >= 0.6 is 0 Å². The minimum absolute atomic E-state index is 0.0934. The molecule has 4 fully saturated rings. The van der Waals surface area contributed by atoms with Crippen molar-refractivity contribution in [2.45, 2.75) is 50.6 Å². The monoisotopic (exact) mass is 436 g/mol. The van der Waals surface area contributed by atoms with Gasteiger partial charge in [0.2, 0.25) is 0 Å². The van der Waals surface area contributed by atoms with Crippen molar-refractivity contribution in [1.29, 1.82) is 0 Å². The first-order valence-electron chi connectivity index (χ1n) is 11.1. The number of nitro groups is 1. The highest BCUT2D eigenvalue weighted by atomic mass is 16.6. The van der Waals surface area contributed by atoms with Gasteiger partial charge in [-0.05, 0) is 68.4 Å². The second kappa shape index (κ2) is 7.04. The lowest BCUT2D eigenvalue weighted by Gasteiger charge is -2.56. The molecule has 3 aromatic heterocycles. The maximum atomic E-state index is 12.7. The molecule has 3 aromatic rings. The molecule has 4 bridgehead atoms. The van der Waals surface area contributed by atoms with Crippen LogP contribution in [0.25, 0.3) is 0 Å². The molecular formula is C22H24N6O4. The molecule has 1 amide bonds. The Labute approximate surface area is 183 Å². The molecule has 10 nitrogen and oxygen atoms in total. The predicted octanol–water partition coefficient (Wildman–Crippen LogP) is 3.81. The zero-order chi connectivity index (χ0) is 21.9. The van der Waals surface area contributed by atoms with Crippen LogP contribution in [-0.2, 0) is 12.1 Å². The number of amides is 1. The van der Waals surface area contributed by atoms with Crippen LogP contribution < -0.4 is 5.32 Å². The van der Waals surface area contributed by atoms with E-state index in [2.05, 4.69) is 15.1 Å². The molecule has 0 spiro atoms. The molecule has 10 heteroatoms. The lowest BCUT2D eigenvalue weighted by Crippen LogP contribution is -2.52. The molecule has 0 atom stereocenters. The topological polar surface area (TPSA) is 121 Å². The van der Waals surface area contributed by atoms with E-state index in [1.54, 1.807) is 12.1 Å². The number of hydrogen-bond donors (Lipinski definition) is 1. The van der Waals surface area contributed by atoms with Crippen molar-refractivity contribution in [2.24, 2.45) is 17.8 Å². The normalized spacial score (nSPS) is 28.2. The fourth-order valence-electron chi connectivity index (χ4n) is 6.46. The molecule has 32 heavy (non-hydrogen) atoms. The van der Waals surface area contributed by atoms with E-state index in [4.69, 9.17) is 9.52 Å². The van der Waals surface area contributed by atoms with Crippen LogP contribution in [-0.4, -0.2) is 30.4 Å². The van der Waals surface area contributed by atoms with Crippen LogP contribution in [0.15, 0.2) is 41.2 Å². The van der Waals surface area contributed by atoms with Gasteiger partial charge in [-0.2, -0.15) is 10.2 Å². The highest BCUT2D eigenvalue weighted by molar-refractivity contribution is 6.01. The Kier molecular flexibility index (Phi) is 4.24. The average Bonchev–Trinajstić information content (AvgIpc) is 3.48. The summed E-state index contributed by atoms with van der Waals surface area (Å²) in [5.74, 6) is 3.24. The highest BCUT2D eigenvalue weighted by Gasteiger charge is 2.52. The molecule has 0 unspecified atom stereocenters. The zero-order valence-electron chi connectivity index (χ0n) is 17.5. The summed E-state index contributed by atoms with van der Waals surface area (Å²) >= 11 is 0. The third-order valence-electron chi connectivity index (χ3n) is 7.36. The maximum Gasteiger partial charge on any atom is 0.307 e.